The molecular formula is C16H18FN3O2. The summed E-state index contributed by atoms with van der Waals surface area (Å²) < 4.78 is 18.3. The third kappa shape index (κ3) is 3.16. The molecule has 1 aromatic carbocycles. The van der Waals surface area contributed by atoms with E-state index in [4.69, 9.17) is 4.52 Å². The molecule has 3 rings (SSSR count). The maximum Gasteiger partial charge on any atom is 0.226 e. The lowest BCUT2D eigenvalue weighted by atomic mass is 10.0. The molecule has 2 heterocycles. The van der Waals surface area contributed by atoms with E-state index < -0.39 is 0 Å². The molecule has 1 aliphatic heterocycles. The summed E-state index contributed by atoms with van der Waals surface area (Å²) >= 11 is 0. The molecule has 1 aromatic heterocycles. The van der Waals surface area contributed by atoms with Gasteiger partial charge in [0, 0.05) is 25.1 Å². The largest absolute Gasteiger partial charge is 0.339 e. The van der Waals surface area contributed by atoms with Crippen LogP contribution in [-0.2, 0) is 17.6 Å². The van der Waals surface area contributed by atoms with E-state index in [-0.39, 0.29) is 11.7 Å². The van der Waals surface area contributed by atoms with Gasteiger partial charge in [0.25, 0.3) is 0 Å². The molecule has 0 N–H and O–H groups in total. The Bertz CT molecular complexity index is 684. The average Bonchev–Trinajstić information content (AvgIpc) is 2.91. The van der Waals surface area contributed by atoms with Crippen molar-refractivity contribution in [1.29, 1.82) is 0 Å². The van der Waals surface area contributed by atoms with Crippen LogP contribution in [0, 0.1) is 12.7 Å². The van der Waals surface area contributed by atoms with Crippen molar-refractivity contribution in [2.45, 2.75) is 39.0 Å². The lowest BCUT2D eigenvalue weighted by molar-refractivity contribution is -0.118. The molecule has 0 atom stereocenters. The van der Waals surface area contributed by atoms with Gasteiger partial charge < -0.3 is 9.42 Å². The highest BCUT2D eigenvalue weighted by atomic mass is 19.1. The molecule has 22 heavy (non-hydrogen) atoms. The van der Waals surface area contributed by atoms with Crippen molar-refractivity contribution < 1.29 is 13.7 Å². The van der Waals surface area contributed by atoms with Crippen LogP contribution in [-0.4, -0.2) is 22.6 Å². The number of amides is 1. The fourth-order valence-electron chi connectivity index (χ4n) is 2.79. The Morgan fingerprint density at radius 1 is 1.45 bits per heavy atom. The van der Waals surface area contributed by atoms with Gasteiger partial charge in [-0.3, -0.25) is 4.79 Å². The Kier molecular flexibility index (Phi) is 4.18. The van der Waals surface area contributed by atoms with Gasteiger partial charge in [-0.05, 0) is 49.9 Å². The van der Waals surface area contributed by atoms with E-state index in [1.807, 2.05) is 0 Å². The molecule has 0 saturated carbocycles. The molecule has 5 nitrogen and oxygen atoms in total. The molecule has 0 saturated heterocycles. The molecule has 0 aliphatic carbocycles. The van der Waals surface area contributed by atoms with E-state index >= 15 is 0 Å². The third-order valence-electron chi connectivity index (χ3n) is 3.81. The summed E-state index contributed by atoms with van der Waals surface area (Å²) in [5, 5.41) is 3.73. The summed E-state index contributed by atoms with van der Waals surface area (Å²) in [7, 11) is 0. The molecule has 1 aliphatic rings. The van der Waals surface area contributed by atoms with Crippen molar-refractivity contribution >= 4 is 11.6 Å². The molecule has 1 amide bonds. The Morgan fingerprint density at radius 2 is 2.32 bits per heavy atom. The lowest BCUT2D eigenvalue weighted by Gasteiger charge is -2.29. The fourth-order valence-corrected chi connectivity index (χ4v) is 2.79. The summed E-state index contributed by atoms with van der Waals surface area (Å²) in [6.07, 6.45) is 3.35. The van der Waals surface area contributed by atoms with E-state index in [1.165, 1.54) is 12.1 Å². The first kappa shape index (κ1) is 14.7. The van der Waals surface area contributed by atoms with Crippen molar-refractivity contribution in [2.75, 3.05) is 11.4 Å². The molecular weight excluding hydrogens is 285 g/mol. The second kappa shape index (κ2) is 6.25. The Hall–Kier alpha value is -2.24. The first-order chi connectivity index (χ1) is 10.6. The van der Waals surface area contributed by atoms with Gasteiger partial charge >= 0.3 is 0 Å². The smallest absolute Gasteiger partial charge is 0.226 e. The molecule has 6 heteroatoms. The van der Waals surface area contributed by atoms with Crippen LogP contribution in [0.25, 0.3) is 0 Å². The second-order valence-corrected chi connectivity index (χ2v) is 5.51. The first-order valence-electron chi connectivity index (χ1n) is 7.51. The maximum absolute atomic E-state index is 13.3. The summed E-state index contributed by atoms with van der Waals surface area (Å²) in [5.74, 6) is 0.975. The topological polar surface area (TPSA) is 59.2 Å². The number of anilines is 1. The average molecular weight is 303 g/mol. The number of fused-ring (bicyclic) bond motifs is 1. The van der Waals surface area contributed by atoms with E-state index in [0.717, 1.165) is 24.1 Å². The highest BCUT2D eigenvalue weighted by Crippen LogP contribution is 2.28. The summed E-state index contributed by atoms with van der Waals surface area (Å²) in [5.41, 5.74) is 1.75. The summed E-state index contributed by atoms with van der Waals surface area (Å²) in [6.45, 7) is 2.46. The molecule has 0 bridgehead atoms. The van der Waals surface area contributed by atoms with Crippen molar-refractivity contribution in [3.8, 4) is 0 Å². The quantitative estimate of drug-likeness (QED) is 0.871. The van der Waals surface area contributed by atoms with Gasteiger partial charge in [0.1, 0.15) is 5.82 Å². The van der Waals surface area contributed by atoms with Crippen LogP contribution in [0.1, 0.15) is 36.5 Å². The number of hydrogen-bond acceptors (Lipinski definition) is 4. The Labute approximate surface area is 128 Å². The first-order valence-corrected chi connectivity index (χ1v) is 7.51. The van der Waals surface area contributed by atoms with Gasteiger partial charge in [0.15, 0.2) is 5.82 Å². The minimum Gasteiger partial charge on any atom is -0.339 e. The highest BCUT2D eigenvalue weighted by Gasteiger charge is 2.22. The molecule has 2 aromatic rings. The van der Waals surface area contributed by atoms with Gasteiger partial charge in [0.2, 0.25) is 11.8 Å². The zero-order valence-corrected chi connectivity index (χ0v) is 12.5. The number of carbonyl (C=O) groups is 1. The van der Waals surface area contributed by atoms with Crippen LogP contribution in [0.5, 0.6) is 0 Å². The number of halogens is 1. The van der Waals surface area contributed by atoms with Crippen LogP contribution in [0.15, 0.2) is 22.7 Å². The standard InChI is InChI=1S/C16H18FN3O2/c1-11-18-15(22-19-11)5-2-6-16(21)20-9-3-4-12-10-13(17)7-8-14(12)20/h7-8,10H,2-6,9H2,1H3. The van der Waals surface area contributed by atoms with E-state index in [9.17, 15) is 9.18 Å². The number of nitrogens with zero attached hydrogens (tertiary/aromatic N) is 3. The number of hydrogen-bond donors (Lipinski definition) is 0. The molecule has 0 fully saturated rings. The minimum absolute atomic E-state index is 0.0591. The number of carbonyl (C=O) groups excluding carboxylic acids is 1. The van der Waals surface area contributed by atoms with Crippen LogP contribution >= 0.6 is 0 Å². The normalized spacial score (nSPS) is 14.0. The zero-order chi connectivity index (χ0) is 15.5. The van der Waals surface area contributed by atoms with Crippen LogP contribution < -0.4 is 4.90 Å². The van der Waals surface area contributed by atoms with Gasteiger partial charge in [0.05, 0.1) is 0 Å². The molecule has 0 spiro atoms. The number of aryl methyl sites for hydroxylation is 3. The van der Waals surface area contributed by atoms with Gasteiger partial charge in [-0.15, -0.1) is 0 Å². The predicted octanol–water partition coefficient (Wildman–Crippen LogP) is 2.82. The summed E-state index contributed by atoms with van der Waals surface area (Å²) in [6, 6.07) is 4.63. The second-order valence-electron chi connectivity index (χ2n) is 5.51. The van der Waals surface area contributed by atoms with Crippen molar-refractivity contribution in [3.63, 3.8) is 0 Å². The predicted molar refractivity (Wildman–Crippen MR) is 79.0 cm³/mol. The highest BCUT2D eigenvalue weighted by molar-refractivity contribution is 5.94. The number of rotatable bonds is 4. The van der Waals surface area contributed by atoms with Gasteiger partial charge in [-0.2, -0.15) is 4.98 Å². The summed E-state index contributed by atoms with van der Waals surface area (Å²) in [4.78, 5) is 18.3. The Balaban J connectivity index is 1.61. The monoisotopic (exact) mass is 303 g/mol. The van der Waals surface area contributed by atoms with Gasteiger partial charge in [-0.25, -0.2) is 4.39 Å². The Morgan fingerprint density at radius 3 is 3.09 bits per heavy atom. The molecule has 0 unspecified atom stereocenters. The van der Waals surface area contributed by atoms with Crippen LogP contribution in [0.4, 0.5) is 10.1 Å². The SMILES string of the molecule is Cc1noc(CCCC(=O)N2CCCc3cc(F)ccc32)n1. The van der Waals surface area contributed by atoms with E-state index in [0.29, 0.717) is 37.5 Å². The van der Waals surface area contributed by atoms with E-state index in [1.54, 1.807) is 17.9 Å². The van der Waals surface area contributed by atoms with Crippen molar-refractivity contribution in [1.82, 2.24) is 10.1 Å². The molecule has 0 radical (unpaired) electrons. The van der Waals surface area contributed by atoms with E-state index in [2.05, 4.69) is 10.1 Å². The van der Waals surface area contributed by atoms with Crippen LogP contribution in [0.3, 0.4) is 0 Å². The van der Waals surface area contributed by atoms with Crippen molar-refractivity contribution in [3.05, 3.63) is 41.3 Å². The minimum atomic E-state index is -0.250. The molecule has 116 valence electrons. The number of aromatic nitrogens is 2. The zero-order valence-electron chi connectivity index (χ0n) is 12.5. The fraction of sp³-hybridized carbons (Fsp3) is 0.438. The number of benzene rings is 1. The lowest BCUT2D eigenvalue weighted by Crippen LogP contribution is -2.35. The van der Waals surface area contributed by atoms with Crippen molar-refractivity contribution in [2.24, 2.45) is 0 Å². The van der Waals surface area contributed by atoms with Crippen LogP contribution in [0.2, 0.25) is 0 Å². The maximum atomic E-state index is 13.3. The van der Waals surface area contributed by atoms with Gasteiger partial charge in [-0.1, -0.05) is 5.16 Å². The third-order valence-corrected chi connectivity index (χ3v) is 3.81.